The molecular weight excluding hydrogens is 236 g/mol. The first-order chi connectivity index (χ1) is 7.98. The Hall–Kier alpha value is -1.69. The van der Waals surface area contributed by atoms with E-state index in [9.17, 15) is 4.79 Å². The number of nitrogens with zero attached hydrogens (tertiary/aromatic N) is 2. The first kappa shape index (κ1) is 11.8. The minimum absolute atomic E-state index is 0.253. The van der Waals surface area contributed by atoms with Crippen molar-refractivity contribution >= 4 is 33.3 Å². The summed E-state index contributed by atoms with van der Waals surface area (Å²) in [5.41, 5.74) is 4.79. The zero-order chi connectivity index (χ0) is 12.5. The Labute approximate surface area is 103 Å². The summed E-state index contributed by atoms with van der Waals surface area (Å²) in [5, 5.41) is 6.16. The lowest BCUT2D eigenvalue weighted by atomic mass is 10.0. The van der Waals surface area contributed by atoms with Crippen LogP contribution in [0.1, 0.15) is 20.3 Å². The van der Waals surface area contributed by atoms with Gasteiger partial charge in [0.15, 0.2) is 0 Å². The van der Waals surface area contributed by atoms with Gasteiger partial charge in [-0.3, -0.25) is 4.79 Å². The van der Waals surface area contributed by atoms with Crippen molar-refractivity contribution in [2.45, 2.75) is 25.8 Å². The predicted octanol–water partition coefficient (Wildman–Crippen LogP) is 1.76. The van der Waals surface area contributed by atoms with Crippen LogP contribution in [0.2, 0.25) is 0 Å². The highest BCUT2D eigenvalue weighted by molar-refractivity contribution is 7.16. The first-order valence-electron chi connectivity index (χ1n) is 5.23. The zero-order valence-electron chi connectivity index (χ0n) is 9.73. The molecule has 90 valence electrons. The smallest absolute Gasteiger partial charge is 0.219 e. The predicted molar refractivity (Wildman–Crippen MR) is 68.9 cm³/mol. The summed E-state index contributed by atoms with van der Waals surface area (Å²) < 4.78 is 0. The molecule has 1 amide bonds. The number of hydrogen-bond donors (Lipinski definition) is 2. The Morgan fingerprint density at radius 3 is 3.00 bits per heavy atom. The number of nitrogens with one attached hydrogen (secondary N) is 1. The van der Waals surface area contributed by atoms with E-state index in [1.807, 2.05) is 25.3 Å². The Kier molecular flexibility index (Phi) is 2.97. The summed E-state index contributed by atoms with van der Waals surface area (Å²) in [7, 11) is 0. The number of amides is 1. The fourth-order valence-electron chi connectivity index (χ4n) is 1.69. The van der Waals surface area contributed by atoms with Crippen LogP contribution in [0.3, 0.4) is 0 Å². The molecule has 6 heteroatoms. The van der Waals surface area contributed by atoms with E-state index in [2.05, 4.69) is 15.3 Å². The Bertz CT molecular complexity index is 549. The van der Waals surface area contributed by atoms with Crippen molar-refractivity contribution in [1.82, 2.24) is 9.97 Å². The third-order valence-electron chi connectivity index (χ3n) is 2.33. The highest BCUT2D eigenvalue weighted by Gasteiger charge is 2.21. The van der Waals surface area contributed by atoms with Crippen LogP contribution in [0.5, 0.6) is 0 Å². The van der Waals surface area contributed by atoms with Gasteiger partial charge in [-0.2, -0.15) is 0 Å². The van der Waals surface area contributed by atoms with E-state index in [4.69, 9.17) is 5.73 Å². The number of rotatable bonds is 4. The van der Waals surface area contributed by atoms with Gasteiger partial charge in [-0.05, 0) is 25.3 Å². The van der Waals surface area contributed by atoms with E-state index >= 15 is 0 Å². The highest BCUT2D eigenvalue weighted by Crippen LogP contribution is 2.26. The molecule has 0 bridgehead atoms. The number of primary amides is 1. The summed E-state index contributed by atoms with van der Waals surface area (Å²) in [6.07, 6.45) is 1.77. The van der Waals surface area contributed by atoms with Crippen LogP contribution in [0.25, 0.3) is 10.2 Å². The lowest BCUT2D eigenvalue weighted by Crippen LogP contribution is -2.36. The quantitative estimate of drug-likeness (QED) is 0.866. The zero-order valence-corrected chi connectivity index (χ0v) is 10.5. The summed E-state index contributed by atoms with van der Waals surface area (Å²) in [4.78, 5) is 20.3. The molecule has 0 saturated heterocycles. The van der Waals surface area contributed by atoms with Crippen molar-refractivity contribution in [3.05, 3.63) is 17.8 Å². The lowest BCUT2D eigenvalue weighted by Gasteiger charge is -2.25. The fraction of sp³-hybridized carbons (Fsp3) is 0.364. The molecule has 0 fully saturated rings. The third-order valence-corrected chi connectivity index (χ3v) is 3.16. The number of nitrogens with two attached hydrogens (primary N) is 1. The van der Waals surface area contributed by atoms with E-state index < -0.39 is 5.54 Å². The van der Waals surface area contributed by atoms with Crippen LogP contribution in [-0.2, 0) is 4.79 Å². The van der Waals surface area contributed by atoms with Crippen molar-refractivity contribution in [3.63, 3.8) is 0 Å². The first-order valence-corrected chi connectivity index (χ1v) is 6.11. The SMILES string of the molecule is CC(C)(CC(N)=O)Nc1ncnc2sccc12. The molecule has 0 atom stereocenters. The maximum absolute atomic E-state index is 11.0. The number of carbonyl (C=O) groups is 1. The minimum Gasteiger partial charge on any atom is -0.370 e. The average molecular weight is 250 g/mol. The molecule has 3 N–H and O–H groups in total. The minimum atomic E-state index is -0.422. The summed E-state index contributed by atoms with van der Waals surface area (Å²) in [6, 6.07) is 1.96. The summed E-state index contributed by atoms with van der Waals surface area (Å²) >= 11 is 1.56. The number of anilines is 1. The van der Waals surface area contributed by atoms with Crippen molar-refractivity contribution in [2.24, 2.45) is 5.73 Å². The van der Waals surface area contributed by atoms with Gasteiger partial charge in [-0.25, -0.2) is 9.97 Å². The number of hydrogen-bond acceptors (Lipinski definition) is 5. The van der Waals surface area contributed by atoms with E-state index in [0.29, 0.717) is 0 Å². The number of thiophene rings is 1. The van der Waals surface area contributed by atoms with Crippen LogP contribution in [0, 0.1) is 0 Å². The molecule has 0 aromatic carbocycles. The van der Waals surface area contributed by atoms with Gasteiger partial charge in [0.05, 0.1) is 5.39 Å². The van der Waals surface area contributed by atoms with Crippen molar-refractivity contribution < 1.29 is 4.79 Å². The normalized spacial score (nSPS) is 11.6. The van der Waals surface area contributed by atoms with Crippen molar-refractivity contribution in [3.8, 4) is 0 Å². The molecule has 0 aliphatic heterocycles. The Morgan fingerprint density at radius 2 is 2.29 bits per heavy atom. The summed E-state index contributed by atoms with van der Waals surface area (Å²) in [6.45, 7) is 3.83. The summed E-state index contributed by atoms with van der Waals surface area (Å²) in [5.74, 6) is 0.403. The van der Waals surface area contributed by atoms with Gasteiger partial charge < -0.3 is 11.1 Å². The molecule has 2 aromatic rings. The van der Waals surface area contributed by atoms with Crippen molar-refractivity contribution in [2.75, 3.05) is 5.32 Å². The Morgan fingerprint density at radius 1 is 1.53 bits per heavy atom. The third kappa shape index (κ3) is 2.71. The molecule has 0 spiro atoms. The van der Waals surface area contributed by atoms with Gasteiger partial charge in [0.2, 0.25) is 5.91 Å². The average Bonchev–Trinajstić information content (AvgIpc) is 2.63. The molecule has 0 unspecified atom stereocenters. The van der Waals surface area contributed by atoms with E-state index in [-0.39, 0.29) is 12.3 Å². The Balaban J connectivity index is 2.29. The van der Waals surface area contributed by atoms with Gasteiger partial charge >= 0.3 is 0 Å². The molecule has 17 heavy (non-hydrogen) atoms. The maximum Gasteiger partial charge on any atom is 0.219 e. The number of carbonyl (C=O) groups excluding carboxylic acids is 1. The van der Waals surface area contributed by atoms with Crippen molar-refractivity contribution in [1.29, 1.82) is 0 Å². The molecule has 2 heterocycles. The standard InChI is InChI=1S/C11H14N4OS/c1-11(2,5-8(12)16)15-9-7-3-4-17-10(7)14-6-13-9/h3-4,6H,5H2,1-2H3,(H2,12,16)(H,13,14,15). The lowest BCUT2D eigenvalue weighted by molar-refractivity contribution is -0.118. The molecule has 0 saturated carbocycles. The molecule has 0 radical (unpaired) electrons. The van der Waals surface area contributed by atoms with Gasteiger partial charge in [-0.15, -0.1) is 11.3 Å². The van der Waals surface area contributed by atoms with Gasteiger partial charge in [-0.1, -0.05) is 0 Å². The van der Waals surface area contributed by atoms with E-state index in [1.165, 1.54) is 6.33 Å². The largest absolute Gasteiger partial charge is 0.370 e. The van der Waals surface area contributed by atoms with Gasteiger partial charge in [0, 0.05) is 12.0 Å². The second-order valence-electron chi connectivity index (χ2n) is 4.51. The number of fused-ring (bicyclic) bond motifs is 1. The monoisotopic (exact) mass is 250 g/mol. The second-order valence-corrected chi connectivity index (χ2v) is 5.41. The molecular formula is C11H14N4OS. The maximum atomic E-state index is 11.0. The van der Waals surface area contributed by atoms with Crippen LogP contribution in [-0.4, -0.2) is 21.4 Å². The van der Waals surface area contributed by atoms with Gasteiger partial charge in [0.25, 0.3) is 0 Å². The van der Waals surface area contributed by atoms with Gasteiger partial charge in [0.1, 0.15) is 17.0 Å². The van der Waals surface area contributed by atoms with E-state index in [0.717, 1.165) is 16.0 Å². The molecule has 2 aromatic heterocycles. The molecule has 5 nitrogen and oxygen atoms in total. The highest BCUT2D eigenvalue weighted by atomic mass is 32.1. The van der Waals surface area contributed by atoms with E-state index in [1.54, 1.807) is 11.3 Å². The van der Waals surface area contributed by atoms with Crippen LogP contribution in [0.15, 0.2) is 17.8 Å². The van der Waals surface area contributed by atoms with Crippen LogP contribution >= 0.6 is 11.3 Å². The van der Waals surface area contributed by atoms with Crippen LogP contribution in [0.4, 0.5) is 5.82 Å². The second kappa shape index (κ2) is 4.29. The molecule has 0 aliphatic rings. The molecule has 2 rings (SSSR count). The molecule has 0 aliphatic carbocycles. The van der Waals surface area contributed by atoms with Crippen LogP contribution < -0.4 is 11.1 Å². The number of aromatic nitrogens is 2. The topological polar surface area (TPSA) is 80.9 Å². The fourth-order valence-corrected chi connectivity index (χ4v) is 2.42.